The van der Waals surface area contributed by atoms with Crippen LogP contribution in [0.5, 0.6) is 0 Å². The number of carbonyl (C=O) groups is 1. The Hall–Kier alpha value is -3.81. The van der Waals surface area contributed by atoms with Gasteiger partial charge in [0.25, 0.3) is 0 Å². The molecule has 1 aliphatic rings. The predicted octanol–water partition coefficient (Wildman–Crippen LogP) is 4.40. The van der Waals surface area contributed by atoms with E-state index < -0.39 is 0 Å². The van der Waals surface area contributed by atoms with Crippen LogP contribution in [0.25, 0.3) is 11.3 Å². The number of benzene rings is 1. The van der Waals surface area contributed by atoms with Crippen LogP contribution in [-0.4, -0.2) is 68.2 Å². The van der Waals surface area contributed by atoms with E-state index >= 15 is 0 Å². The van der Waals surface area contributed by atoms with Crippen LogP contribution in [0, 0.1) is 6.92 Å². The van der Waals surface area contributed by atoms with Gasteiger partial charge in [0, 0.05) is 87.2 Å². The molecule has 1 aliphatic heterocycles. The maximum atomic E-state index is 13.1. The fourth-order valence-electron chi connectivity index (χ4n) is 4.84. The molecular weight excluding hydrogens is 472 g/mol. The van der Waals surface area contributed by atoms with Crippen LogP contribution in [0.1, 0.15) is 45.5 Å². The van der Waals surface area contributed by atoms with Crippen LogP contribution in [0.3, 0.4) is 0 Å². The minimum Gasteiger partial charge on any atom is -0.301 e. The third-order valence-electron chi connectivity index (χ3n) is 7.22. The molecule has 7 heteroatoms. The number of hydrogen-bond acceptors (Lipinski definition) is 7. The summed E-state index contributed by atoms with van der Waals surface area (Å²) < 4.78 is 0. The van der Waals surface area contributed by atoms with E-state index in [1.807, 2.05) is 37.3 Å². The van der Waals surface area contributed by atoms with Crippen molar-refractivity contribution in [1.82, 2.24) is 29.7 Å². The normalized spacial score (nSPS) is 14.5. The van der Waals surface area contributed by atoms with Gasteiger partial charge in [-0.3, -0.25) is 19.7 Å². The summed E-state index contributed by atoms with van der Waals surface area (Å²) in [6.07, 6.45) is 7.98. The highest BCUT2D eigenvalue weighted by Gasteiger charge is 2.16. The van der Waals surface area contributed by atoms with Gasteiger partial charge in [0.1, 0.15) is 5.82 Å². The predicted molar refractivity (Wildman–Crippen MR) is 149 cm³/mol. The number of carbonyl (C=O) groups excluding carboxylic acids is 1. The summed E-state index contributed by atoms with van der Waals surface area (Å²) in [5, 5.41) is 0. The lowest BCUT2D eigenvalue weighted by molar-refractivity contribution is 0.0993. The van der Waals surface area contributed by atoms with Crippen molar-refractivity contribution in [3.05, 3.63) is 107 Å². The van der Waals surface area contributed by atoms with Gasteiger partial charge in [-0.25, -0.2) is 9.97 Å². The highest BCUT2D eigenvalue weighted by molar-refractivity contribution is 5.97. The monoisotopic (exact) mass is 506 g/mol. The van der Waals surface area contributed by atoms with E-state index in [2.05, 4.69) is 49.9 Å². The molecule has 1 fully saturated rings. The largest absolute Gasteiger partial charge is 0.301 e. The minimum atomic E-state index is 0.0968. The van der Waals surface area contributed by atoms with E-state index in [9.17, 15) is 4.79 Å². The molecule has 1 aromatic carbocycles. The second-order valence-corrected chi connectivity index (χ2v) is 9.87. The Morgan fingerprint density at radius 1 is 0.895 bits per heavy atom. The topological polar surface area (TPSA) is 75.1 Å². The molecule has 0 unspecified atom stereocenters. The molecule has 0 aliphatic carbocycles. The van der Waals surface area contributed by atoms with Crippen LogP contribution < -0.4 is 0 Å². The van der Waals surface area contributed by atoms with Gasteiger partial charge in [-0.05, 0) is 48.4 Å². The molecule has 0 amide bonds. The Kier molecular flexibility index (Phi) is 8.26. The van der Waals surface area contributed by atoms with Crippen LogP contribution in [0.2, 0.25) is 0 Å². The molecule has 4 heterocycles. The number of rotatable bonds is 9. The third kappa shape index (κ3) is 6.54. The van der Waals surface area contributed by atoms with Crippen LogP contribution in [0.15, 0.2) is 73.3 Å². The van der Waals surface area contributed by atoms with E-state index in [0.717, 1.165) is 72.9 Å². The van der Waals surface area contributed by atoms with E-state index in [1.165, 1.54) is 5.56 Å². The van der Waals surface area contributed by atoms with E-state index in [0.29, 0.717) is 18.7 Å². The number of aryl methyl sites for hydroxylation is 1. The van der Waals surface area contributed by atoms with Crippen molar-refractivity contribution >= 4 is 5.78 Å². The molecule has 1 saturated heterocycles. The van der Waals surface area contributed by atoms with E-state index in [4.69, 9.17) is 4.98 Å². The highest BCUT2D eigenvalue weighted by Crippen LogP contribution is 2.18. The van der Waals surface area contributed by atoms with Crippen LogP contribution >= 0.6 is 0 Å². The van der Waals surface area contributed by atoms with Gasteiger partial charge in [-0.15, -0.1) is 0 Å². The maximum Gasteiger partial charge on any atom is 0.167 e. The van der Waals surface area contributed by atoms with Crippen molar-refractivity contribution in [3.63, 3.8) is 0 Å². The molecule has 7 nitrogen and oxygen atoms in total. The van der Waals surface area contributed by atoms with E-state index in [-0.39, 0.29) is 5.78 Å². The zero-order valence-corrected chi connectivity index (χ0v) is 22.2. The summed E-state index contributed by atoms with van der Waals surface area (Å²) in [6.45, 7) is 10.7. The number of ketones is 1. The zero-order chi connectivity index (χ0) is 26.3. The molecule has 5 rings (SSSR count). The molecule has 0 saturated carbocycles. The number of likely N-dealkylation sites (N-methyl/N-ethyl adjacent to an activating group) is 1. The fourth-order valence-corrected chi connectivity index (χ4v) is 4.84. The highest BCUT2D eigenvalue weighted by atomic mass is 16.1. The number of hydrogen-bond donors (Lipinski definition) is 0. The first kappa shape index (κ1) is 25.8. The molecule has 194 valence electrons. The van der Waals surface area contributed by atoms with Gasteiger partial charge in [0.2, 0.25) is 0 Å². The van der Waals surface area contributed by atoms with Crippen LogP contribution in [-0.2, 0) is 19.4 Å². The summed E-state index contributed by atoms with van der Waals surface area (Å²) >= 11 is 0. The number of piperazine rings is 1. The Bertz CT molecular complexity index is 1370. The smallest absolute Gasteiger partial charge is 0.167 e. The fraction of sp³-hybridized carbons (Fsp3) is 0.323. The number of aromatic nitrogens is 4. The molecule has 38 heavy (non-hydrogen) atoms. The first-order valence-corrected chi connectivity index (χ1v) is 13.3. The van der Waals surface area contributed by atoms with Gasteiger partial charge in [0.05, 0.1) is 5.69 Å². The number of pyridine rings is 2. The van der Waals surface area contributed by atoms with Crippen molar-refractivity contribution in [2.75, 3.05) is 32.7 Å². The van der Waals surface area contributed by atoms with Crippen molar-refractivity contribution < 1.29 is 4.79 Å². The number of Topliss-reactive ketones (excluding diaryl/α,β-unsaturated/α-hetero) is 1. The average Bonchev–Trinajstić information content (AvgIpc) is 2.96. The Morgan fingerprint density at radius 3 is 2.42 bits per heavy atom. The summed E-state index contributed by atoms with van der Waals surface area (Å²) in [5.41, 5.74) is 6.62. The molecular formula is C31H34N6O. The van der Waals surface area contributed by atoms with Crippen molar-refractivity contribution in [3.8, 4) is 11.3 Å². The van der Waals surface area contributed by atoms with Gasteiger partial charge in [0.15, 0.2) is 5.78 Å². The molecule has 0 radical (unpaired) electrons. The van der Waals surface area contributed by atoms with Crippen molar-refractivity contribution in [1.29, 1.82) is 0 Å². The van der Waals surface area contributed by atoms with Crippen molar-refractivity contribution in [2.24, 2.45) is 0 Å². The third-order valence-corrected chi connectivity index (χ3v) is 7.22. The molecule has 4 aromatic rings. The summed E-state index contributed by atoms with van der Waals surface area (Å²) in [4.78, 5) is 36.0. The lowest BCUT2D eigenvalue weighted by Gasteiger charge is -2.34. The SMILES string of the molecule is CCN1CCN(Cc2ccc(C(=O)Cc3cnc(C)c(Cc4nccc(-c5cccnc5)n4)c3)cc2)CC1. The second kappa shape index (κ2) is 12.2. The Balaban J connectivity index is 1.22. The van der Waals surface area contributed by atoms with Crippen LogP contribution in [0.4, 0.5) is 0 Å². The molecule has 0 N–H and O–H groups in total. The van der Waals surface area contributed by atoms with Gasteiger partial charge >= 0.3 is 0 Å². The summed E-state index contributed by atoms with van der Waals surface area (Å²) in [7, 11) is 0. The number of nitrogens with zero attached hydrogens (tertiary/aromatic N) is 6. The first-order chi connectivity index (χ1) is 18.6. The average molecular weight is 507 g/mol. The maximum absolute atomic E-state index is 13.1. The summed E-state index contributed by atoms with van der Waals surface area (Å²) in [6, 6.07) is 15.9. The molecule has 0 bridgehead atoms. The molecule has 0 atom stereocenters. The Morgan fingerprint density at radius 2 is 1.68 bits per heavy atom. The lowest BCUT2D eigenvalue weighted by Crippen LogP contribution is -2.45. The molecule has 0 spiro atoms. The van der Waals surface area contributed by atoms with Crippen molar-refractivity contribution in [2.45, 2.75) is 33.2 Å². The van der Waals surface area contributed by atoms with Gasteiger partial charge < -0.3 is 4.90 Å². The Labute approximate surface area is 224 Å². The van der Waals surface area contributed by atoms with E-state index in [1.54, 1.807) is 24.8 Å². The van der Waals surface area contributed by atoms with Gasteiger partial charge in [-0.2, -0.15) is 0 Å². The van der Waals surface area contributed by atoms with Gasteiger partial charge in [-0.1, -0.05) is 37.3 Å². The second-order valence-electron chi connectivity index (χ2n) is 9.87. The minimum absolute atomic E-state index is 0.0968. The molecule has 3 aromatic heterocycles. The standard InChI is InChI=1S/C31H34N6O/c1-3-36-13-15-37(16-14-36)22-24-6-8-26(9-7-24)30(38)18-25-17-28(23(2)34-20-25)19-31-33-12-10-29(35-31)27-5-4-11-32-21-27/h4-12,17,20-21H,3,13-16,18-19,22H2,1-2H3. The first-order valence-electron chi connectivity index (χ1n) is 13.3. The summed E-state index contributed by atoms with van der Waals surface area (Å²) in [5.74, 6) is 0.811. The lowest BCUT2D eigenvalue weighted by atomic mass is 10.00. The zero-order valence-electron chi connectivity index (χ0n) is 22.2. The quantitative estimate of drug-likeness (QED) is 0.312.